The lowest BCUT2D eigenvalue weighted by atomic mass is 9.96. The van der Waals surface area contributed by atoms with Crippen LogP contribution in [0.25, 0.3) is 0 Å². The topological polar surface area (TPSA) is 61.4 Å². The number of carbonyl (C=O) groups is 1. The molecule has 1 saturated heterocycles. The molecule has 1 aromatic carbocycles. The molecule has 0 aliphatic carbocycles. The zero-order valence-corrected chi connectivity index (χ0v) is 19.2. The lowest BCUT2D eigenvalue weighted by Crippen LogP contribution is -2.50. The normalized spacial score (nSPS) is 16.1. The van der Waals surface area contributed by atoms with Crippen molar-refractivity contribution in [3.05, 3.63) is 53.2 Å². The summed E-state index contributed by atoms with van der Waals surface area (Å²) in [4.78, 5) is 26.4. The Morgan fingerprint density at radius 1 is 1.06 bits per heavy atom. The van der Waals surface area contributed by atoms with Crippen molar-refractivity contribution in [1.82, 2.24) is 20.2 Å². The third kappa shape index (κ3) is 6.23. The van der Waals surface area contributed by atoms with Crippen molar-refractivity contribution >= 4 is 11.7 Å². The molecule has 3 rings (SSSR count). The van der Waals surface area contributed by atoms with Crippen molar-refractivity contribution in [3.8, 4) is 0 Å². The average molecular weight is 428 g/mol. The van der Waals surface area contributed by atoms with Gasteiger partial charge < -0.3 is 10.2 Å². The van der Waals surface area contributed by atoms with Crippen molar-refractivity contribution in [1.29, 1.82) is 0 Å². The molecule has 1 atom stereocenters. The minimum Gasteiger partial charge on any atom is -0.354 e. The molecule has 1 aliphatic rings. The number of aromatic nitrogens is 2. The maximum atomic E-state index is 13.3. The molecule has 0 spiro atoms. The van der Waals surface area contributed by atoms with Crippen LogP contribution in [0.4, 0.5) is 10.2 Å². The standard InChI is InChI=1S/C24H34FN5O/c1-16(2)23(19-6-8-20(25)9-7-19)28-22(31)15-29-10-12-30(13-11-29)21-14-18(5)26-24(27-21)17(3)4/h6-9,14,16-17,23H,10-13,15H2,1-5H3,(H,28,31)/t23-/m0/s1. The number of hydrogen-bond donors (Lipinski definition) is 1. The number of anilines is 1. The van der Waals surface area contributed by atoms with Crippen LogP contribution in [0.5, 0.6) is 0 Å². The fourth-order valence-electron chi connectivity index (χ4n) is 3.86. The van der Waals surface area contributed by atoms with E-state index in [1.807, 2.05) is 13.0 Å². The predicted molar refractivity (Wildman–Crippen MR) is 122 cm³/mol. The first-order valence-corrected chi connectivity index (χ1v) is 11.1. The lowest BCUT2D eigenvalue weighted by Gasteiger charge is -2.35. The molecule has 1 fully saturated rings. The number of benzene rings is 1. The monoisotopic (exact) mass is 427 g/mol. The Morgan fingerprint density at radius 3 is 2.29 bits per heavy atom. The summed E-state index contributed by atoms with van der Waals surface area (Å²) >= 11 is 0. The smallest absolute Gasteiger partial charge is 0.234 e. The van der Waals surface area contributed by atoms with E-state index in [0.717, 1.165) is 49.1 Å². The molecule has 0 unspecified atom stereocenters. The van der Waals surface area contributed by atoms with E-state index in [4.69, 9.17) is 4.98 Å². The van der Waals surface area contributed by atoms with Crippen LogP contribution in [0.15, 0.2) is 30.3 Å². The number of carbonyl (C=O) groups excluding carboxylic acids is 1. The van der Waals surface area contributed by atoms with Gasteiger partial charge in [0.1, 0.15) is 17.5 Å². The van der Waals surface area contributed by atoms with Crippen LogP contribution >= 0.6 is 0 Å². The maximum Gasteiger partial charge on any atom is 0.234 e. The fraction of sp³-hybridized carbons (Fsp3) is 0.542. The van der Waals surface area contributed by atoms with Crippen molar-refractivity contribution in [2.24, 2.45) is 5.92 Å². The van der Waals surface area contributed by atoms with Crippen LogP contribution in [0.2, 0.25) is 0 Å². The zero-order chi connectivity index (χ0) is 22.5. The third-order valence-corrected chi connectivity index (χ3v) is 5.65. The Labute approximate surface area is 184 Å². The van der Waals surface area contributed by atoms with Crippen LogP contribution in [-0.2, 0) is 4.79 Å². The summed E-state index contributed by atoms with van der Waals surface area (Å²) in [5.41, 5.74) is 1.91. The van der Waals surface area contributed by atoms with Gasteiger partial charge in [-0.05, 0) is 30.5 Å². The summed E-state index contributed by atoms with van der Waals surface area (Å²) in [6.45, 7) is 13.9. The summed E-state index contributed by atoms with van der Waals surface area (Å²) in [6, 6.07) is 8.27. The number of piperazine rings is 1. The quantitative estimate of drug-likeness (QED) is 0.730. The molecule has 1 amide bonds. The van der Waals surface area contributed by atoms with E-state index in [-0.39, 0.29) is 23.7 Å². The highest BCUT2D eigenvalue weighted by atomic mass is 19.1. The molecule has 7 heteroatoms. The van der Waals surface area contributed by atoms with Gasteiger partial charge in [-0.15, -0.1) is 0 Å². The van der Waals surface area contributed by atoms with Crippen LogP contribution in [-0.4, -0.2) is 53.5 Å². The second kappa shape index (κ2) is 10.2. The van der Waals surface area contributed by atoms with Crippen molar-refractivity contribution in [2.45, 2.75) is 46.6 Å². The SMILES string of the molecule is Cc1cc(N2CCN(CC(=O)N[C@H](c3ccc(F)cc3)C(C)C)CC2)nc(C(C)C)n1. The molecule has 2 heterocycles. The average Bonchev–Trinajstić information content (AvgIpc) is 2.72. The van der Waals surface area contributed by atoms with Gasteiger partial charge in [-0.1, -0.05) is 39.8 Å². The lowest BCUT2D eigenvalue weighted by molar-refractivity contribution is -0.123. The van der Waals surface area contributed by atoms with E-state index in [9.17, 15) is 9.18 Å². The van der Waals surface area contributed by atoms with Gasteiger partial charge in [-0.25, -0.2) is 14.4 Å². The Hall–Kier alpha value is -2.54. The van der Waals surface area contributed by atoms with Gasteiger partial charge in [0.2, 0.25) is 5.91 Å². The molecule has 1 N–H and O–H groups in total. The molecule has 31 heavy (non-hydrogen) atoms. The van der Waals surface area contributed by atoms with Crippen LogP contribution in [0.3, 0.4) is 0 Å². The Balaban J connectivity index is 1.55. The van der Waals surface area contributed by atoms with Crippen LogP contribution in [0, 0.1) is 18.7 Å². The molecule has 6 nitrogen and oxygen atoms in total. The molecule has 0 saturated carbocycles. The second-order valence-electron chi connectivity index (χ2n) is 8.98. The summed E-state index contributed by atoms with van der Waals surface area (Å²) in [5.74, 6) is 2.07. The Morgan fingerprint density at radius 2 is 1.71 bits per heavy atom. The van der Waals surface area contributed by atoms with Gasteiger partial charge in [-0.3, -0.25) is 9.69 Å². The largest absolute Gasteiger partial charge is 0.354 e. The van der Waals surface area contributed by atoms with Gasteiger partial charge in [0.05, 0.1) is 12.6 Å². The van der Waals surface area contributed by atoms with E-state index in [0.29, 0.717) is 12.5 Å². The van der Waals surface area contributed by atoms with Crippen molar-refractivity contribution in [3.63, 3.8) is 0 Å². The zero-order valence-electron chi connectivity index (χ0n) is 19.2. The highest BCUT2D eigenvalue weighted by molar-refractivity contribution is 5.78. The number of aryl methyl sites for hydroxylation is 1. The molecule has 1 aromatic heterocycles. The first-order valence-electron chi connectivity index (χ1n) is 11.1. The Bertz CT molecular complexity index is 876. The molecule has 1 aliphatic heterocycles. The third-order valence-electron chi connectivity index (χ3n) is 5.65. The molecule has 168 valence electrons. The second-order valence-corrected chi connectivity index (χ2v) is 8.98. The van der Waals surface area contributed by atoms with E-state index in [1.165, 1.54) is 12.1 Å². The van der Waals surface area contributed by atoms with Gasteiger partial charge in [0.15, 0.2) is 0 Å². The number of amides is 1. The fourth-order valence-corrected chi connectivity index (χ4v) is 3.86. The van der Waals surface area contributed by atoms with Gasteiger partial charge in [-0.2, -0.15) is 0 Å². The van der Waals surface area contributed by atoms with Crippen molar-refractivity contribution < 1.29 is 9.18 Å². The number of hydrogen-bond acceptors (Lipinski definition) is 5. The van der Waals surface area contributed by atoms with E-state index in [2.05, 4.69) is 47.8 Å². The van der Waals surface area contributed by atoms with Gasteiger partial charge in [0, 0.05) is 43.9 Å². The number of nitrogens with one attached hydrogen (secondary N) is 1. The summed E-state index contributed by atoms with van der Waals surface area (Å²) in [7, 11) is 0. The van der Waals surface area contributed by atoms with Crippen LogP contribution < -0.4 is 10.2 Å². The molecule has 0 radical (unpaired) electrons. The van der Waals surface area contributed by atoms with Crippen molar-refractivity contribution in [2.75, 3.05) is 37.6 Å². The predicted octanol–water partition coefficient (Wildman–Crippen LogP) is 3.68. The minimum atomic E-state index is -0.269. The van der Waals surface area contributed by atoms with E-state index in [1.54, 1.807) is 12.1 Å². The summed E-state index contributed by atoms with van der Waals surface area (Å²) < 4.78 is 13.3. The summed E-state index contributed by atoms with van der Waals surface area (Å²) in [6.07, 6.45) is 0. The van der Waals surface area contributed by atoms with Gasteiger partial charge >= 0.3 is 0 Å². The Kier molecular flexibility index (Phi) is 7.59. The molecular formula is C24H34FN5O. The number of halogens is 1. The first kappa shape index (κ1) is 23.1. The van der Waals surface area contributed by atoms with E-state index < -0.39 is 0 Å². The minimum absolute atomic E-state index is 0.00329. The molecular weight excluding hydrogens is 393 g/mol. The highest BCUT2D eigenvalue weighted by Gasteiger charge is 2.23. The molecule has 2 aromatic rings. The number of nitrogens with zero attached hydrogens (tertiary/aromatic N) is 4. The van der Waals surface area contributed by atoms with Crippen LogP contribution in [0.1, 0.15) is 56.7 Å². The highest BCUT2D eigenvalue weighted by Crippen LogP contribution is 2.22. The van der Waals surface area contributed by atoms with Gasteiger partial charge in [0.25, 0.3) is 0 Å². The number of rotatable bonds is 7. The summed E-state index contributed by atoms with van der Waals surface area (Å²) in [5, 5.41) is 3.13. The maximum absolute atomic E-state index is 13.3. The molecule has 0 bridgehead atoms. The van der Waals surface area contributed by atoms with E-state index >= 15 is 0 Å². The first-order chi connectivity index (χ1) is 14.7.